The highest BCUT2D eigenvalue weighted by molar-refractivity contribution is 9.10. The second-order valence-corrected chi connectivity index (χ2v) is 6.28. The standard InChI is InChI=1S/C13H11BrN4OS/c1-7-6-10-11(16-13(18-15)17-12(10)20-7)19-9-4-2-8(14)3-5-9/h2-6H,15H2,1H3,(H,16,17,18). The molecule has 0 bridgehead atoms. The summed E-state index contributed by atoms with van der Waals surface area (Å²) < 4.78 is 6.84. The van der Waals surface area contributed by atoms with Gasteiger partial charge in [-0.05, 0) is 37.3 Å². The SMILES string of the molecule is Cc1cc2c(Oc3ccc(Br)cc3)nc(NN)nc2s1. The number of thiophene rings is 1. The lowest BCUT2D eigenvalue weighted by Gasteiger charge is -2.07. The summed E-state index contributed by atoms with van der Waals surface area (Å²) in [6.45, 7) is 2.02. The Kier molecular flexibility index (Phi) is 3.56. The van der Waals surface area contributed by atoms with Crippen LogP contribution in [0.4, 0.5) is 5.95 Å². The minimum atomic E-state index is 0.339. The van der Waals surface area contributed by atoms with Crippen LogP contribution in [0.2, 0.25) is 0 Å². The van der Waals surface area contributed by atoms with Gasteiger partial charge in [-0.3, -0.25) is 5.43 Å². The molecule has 3 aromatic rings. The van der Waals surface area contributed by atoms with E-state index in [2.05, 4.69) is 31.3 Å². The molecule has 3 rings (SSSR count). The first-order valence-corrected chi connectivity index (χ1v) is 7.45. The molecule has 1 aromatic carbocycles. The van der Waals surface area contributed by atoms with Crippen LogP contribution < -0.4 is 16.0 Å². The van der Waals surface area contributed by atoms with Crippen LogP contribution in [0.25, 0.3) is 10.2 Å². The van der Waals surface area contributed by atoms with E-state index in [4.69, 9.17) is 10.6 Å². The number of hydrogen-bond acceptors (Lipinski definition) is 6. The fourth-order valence-electron chi connectivity index (χ4n) is 1.77. The summed E-state index contributed by atoms with van der Waals surface area (Å²) in [6, 6.07) is 9.57. The largest absolute Gasteiger partial charge is 0.438 e. The molecule has 0 fully saturated rings. The number of hydrogen-bond donors (Lipinski definition) is 2. The topological polar surface area (TPSA) is 73.1 Å². The van der Waals surface area contributed by atoms with Gasteiger partial charge in [-0.2, -0.15) is 4.98 Å². The molecular weight excluding hydrogens is 340 g/mol. The van der Waals surface area contributed by atoms with Gasteiger partial charge in [0.15, 0.2) is 0 Å². The fourth-order valence-corrected chi connectivity index (χ4v) is 2.91. The van der Waals surface area contributed by atoms with Gasteiger partial charge in [-0.25, -0.2) is 10.8 Å². The molecule has 2 heterocycles. The summed E-state index contributed by atoms with van der Waals surface area (Å²) in [4.78, 5) is 10.6. The maximum absolute atomic E-state index is 5.84. The number of benzene rings is 1. The Morgan fingerprint density at radius 3 is 2.70 bits per heavy atom. The van der Waals surface area contributed by atoms with Gasteiger partial charge >= 0.3 is 0 Å². The second kappa shape index (κ2) is 5.35. The first-order valence-electron chi connectivity index (χ1n) is 5.84. The van der Waals surface area contributed by atoms with Crippen molar-refractivity contribution in [2.75, 3.05) is 5.43 Å². The maximum atomic E-state index is 5.84. The average Bonchev–Trinajstić information content (AvgIpc) is 2.81. The molecule has 0 aliphatic carbocycles. The van der Waals surface area contributed by atoms with Gasteiger partial charge in [0.1, 0.15) is 10.6 Å². The molecule has 3 N–H and O–H groups in total. The van der Waals surface area contributed by atoms with Crippen LogP contribution in [0.1, 0.15) is 4.88 Å². The van der Waals surface area contributed by atoms with Crippen molar-refractivity contribution in [2.24, 2.45) is 5.84 Å². The van der Waals surface area contributed by atoms with Crippen LogP contribution in [-0.2, 0) is 0 Å². The molecule has 5 nitrogen and oxygen atoms in total. The molecular formula is C13H11BrN4OS. The highest BCUT2D eigenvalue weighted by Gasteiger charge is 2.12. The Bertz CT molecular complexity index is 757. The minimum Gasteiger partial charge on any atom is -0.438 e. The second-order valence-electron chi connectivity index (χ2n) is 4.13. The highest BCUT2D eigenvalue weighted by Crippen LogP contribution is 2.33. The van der Waals surface area contributed by atoms with Crippen molar-refractivity contribution in [2.45, 2.75) is 6.92 Å². The summed E-state index contributed by atoms with van der Waals surface area (Å²) in [5.74, 6) is 6.94. The van der Waals surface area contributed by atoms with Crippen LogP contribution in [0.5, 0.6) is 11.6 Å². The maximum Gasteiger partial charge on any atom is 0.241 e. The van der Waals surface area contributed by atoms with E-state index in [1.165, 1.54) is 0 Å². The molecule has 7 heteroatoms. The van der Waals surface area contributed by atoms with Crippen molar-refractivity contribution in [3.63, 3.8) is 0 Å². The monoisotopic (exact) mass is 350 g/mol. The molecule has 0 saturated heterocycles. The summed E-state index contributed by atoms with van der Waals surface area (Å²) >= 11 is 4.97. The number of aryl methyl sites for hydroxylation is 1. The number of ether oxygens (including phenoxy) is 1. The van der Waals surface area contributed by atoms with E-state index in [0.717, 1.165) is 19.6 Å². The third-order valence-corrected chi connectivity index (χ3v) is 4.11. The van der Waals surface area contributed by atoms with Gasteiger partial charge in [0.25, 0.3) is 0 Å². The Morgan fingerprint density at radius 2 is 2.00 bits per heavy atom. The number of halogens is 1. The highest BCUT2D eigenvalue weighted by atomic mass is 79.9. The van der Waals surface area contributed by atoms with Crippen molar-refractivity contribution in [1.82, 2.24) is 9.97 Å². The summed E-state index contributed by atoms with van der Waals surface area (Å²) in [5.41, 5.74) is 2.46. The van der Waals surface area contributed by atoms with E-state index in [1.807, 2.05) is 37.3 Å². The number of nitrogens with two attached hydrogens (primary N) is 1. The first-order chi connectivity index (χ1) is 9.65. The number of nitrogens with one attached hydrogen (secondary N) is 1. The molecule has 0 amide bonds. The minimum absolute atomic E-state index is 0.339. The third kappa shape index (κ3) is 2.60. The van der Waals surface area contributed by atoms with Crippen LogP contribution in [0, 0.1) is 6.92 Å². The van der Waals surface area contributed by atoms with Gasteiger partial charge in [0.2, 0.25) is 11.8 Å². The lowest BCUT2D eigenvalue weighted by Crippen LogP contribution is -2.10. The van der Waals surface area contributed by atoms with E-state index >= 15 is 0 Å². The number of nitrogens with zero attached hydrogens (tertiary/aromatic N) is 2. The van der Waals surface area contributed by atoms with E-state index in [-0.39, 0.29) is 0 Å². The molecule has 0 unspecified atom stereocenters. The van der Waals surface area contributed by atoms with Crippen molar-refractivity contribution in [3.8, 4) is 11.6 Å². The van der Waals surface area contributed by atoms with Gasteiger partial charge in [0.05, 0.1) is 5.39 Å². The number of nitrogen functional groups attached to an aromatic ring is 1. The number of rotatable bonds is 3. The van der Waals surface area contributed by atoms with Gasteiger partial charge < -0.3 is 4.74 Å². The van der Waals surface area contributed by atoms with Crippen molar-refractivity contribution >= 4 is 43.4 Å². The van der Waals surface area contributed by atoms with E-state index in [9.17, 15) is 0 Å². The van der Waals surface area contributed by atoms with Crippen LogP contribution in [-0.4, -0.2) is 9.97 Å². The molecule has 2 aromatic heterocycles. The zero-order valence-electron chi connectivity index (χ0n) is 10.6. The Morgan fingerprint density at radius 1 is 1.25 bits per heavy atom. The molecule has 0 aliphatic rings. The number of aromatic nitrogens is 2. The van der Waals surface area contributed by atoms with Crippen LogP contribution >= 0.6 is 27.3 Å². The molecule has 0 aliphatic heterocycles. The van der Waals surface area contributed by atoms with Gasteiger partial charge in [-0.15, -0.1) is 11.3 Å². The number of anilines is 1. The molecule has 0 atom stereocenters. The zero-order chi connectivity index (χ0) is 14.1. The predicted octanol–water partition coefficient (Wildman–Crippen LogP) is 3.84. The Balaban J connectivity index is 2.06. The third-order valence-electron chi connectivity index (χ3n) is 2.64. The Hall–Kier alpha value is -1.70. The normalized spacial score (nSPS) is 10.8. The van der Waals surface area contributed by atoms with E-state index in [0.29, 0.717) is 17.6 Å². The molecule has 102 valence electrons. The van der Waals surface area contributed by atoms with Crippen molar-refractivity contribution < 1.29 is 4.74 Å². The smallest absolute Gasteiger partial charge is 0.241 e. The first kappa shape index (κ1) is 13.3. The van der Waals surface area contributed by atoms with Crippen LogP contribution in [0.3, 0.4) is 0 Å². The summed E-state index contributed by atoms with van der Waals surface area (Å²) in [7, 11) is 0. The fraction of sp³-hybridized carbons (Fsp3) is 0.0769. The van der Waals surface area contributed by atoms with E-state index < -0.39 is 0 Å². The average molecular weight is 351 g/mol. The number of hydrazine groups is 1. The zero-order valence-corrected chi connectivity index (χ0v) is 13.0. The number of fused-ring (bicyclic) bond motifs is 1. The van der Waals surface area contributed by atoms with Gasteiger partial charge in [-0.1, -0.05) is 15.9 Å². The molecule has 0 saturated carbocycles. The Labute approximate surface area is 127 Å². The predicted molar refractivity (Wildman–Crippen MR) is 84.2 cm³/mol. The quantitative estimate of drug-likeness (QED) is 0.554. The lowest BCUT2D eigenvalue weighted by molar-refractivity contribution is 0.469. The van der Waals surface area contributed by atoms with E-state index in [1.54, 1.807) is 11.3 Å². The van der Waals surface area contributed by atoms with Crippen molar-refractivity contribution in [1.29, 1.82) is 0 Å². The summed E-state index contributed by atoms with van der Waals surface area (Å²) in [5, 5.41) is 0.884. The molecule has 0 radical (unpaired) electrons. The van der Waals surface area contributed by atoms with Gasteiger partial charge in [0, 0.05) is 9.35 Å². The lowest BCUT2D eigenvalue weighted by atomic mass is 10.3. The summed E-state index contributed by atoms with van der Waals surface area (Å²) in [6.07, 6.45) is 0. The molecule has 20 heavy (non-hydrogen) atoms. The molecule has 0 spiro atoms. The van der Waals surface area contributed by atoms with Crippen molar-refractivity contribution in [3.05, 3.63) is 39.7 Å². The van der Waals surface area contributed by atoms with Crippen LogP contribution in [0.15, 0.2) is 34.8 Å².